The molecule has 3 nitrogen and oxygen atoms in total. The number of nitrogens with zero attached hydrogens (tertiary/aromatic N) is 1. The summed E-state index contributed by atoms with van der Waals surface area (Å²) >= 11 is 0. The summed E-state index contributed by atoms with van der Waals surface area (Å²) in [6.45, 7) is 2.01. The van der Waals surface area contributed by atoms with E-state index in [-0.39, 0.29) is 0 Å². The molecule has 0 aromatic carbocycles. The second-order valence-corrected chi connectivity index (χ2v) is 2.52. The second-order valence-electron chi connectivity index (χ2n) is 2.52. The Morgan fingerprint density at radius 3 is 2.20 bits per heavy atom. The minimum absolute atomic E-state index is 0.375. The molecular formula is C9H10F3NO2. The fraction of sp³-hybridized carbons (Fsp3) is 0.333. The van der Waals surface area contributed by atoms with Crippen LogP contribution in [0, 0.1) is 6.92 Å². The number of aromatic nitrogens is 1. The molecule has 1 aromatic heterocycles. The minimum atomic E-state index is -4.28. The average Bonchev–Trinajstić information content (AvgIpc) is 2.17. The zero-order valence-electron chi connectivity index (χ0n) is 8.21. The molecule has 0 atom stereocenters. The SMILES string of the molecule is COC=O.Cc1ccc(C(F)(F)F)cn1. The number of carbonyl (C=O) groups excluding carboxylic acids is 1. The van der Waals surface area contributed by atoms with Crippen LogP contribution in [-0.4, -0.2) is 18.6 Å². The van der Waals surface area contributed by atoms with E-state index >= 15 is 0 Å². The standard InChI is InChI=1S/C7H6F3N.C2H4O2/c1-5-2-3-6(4-11-5)7(8,9)10;1-4-2-3/h2-4H,1H3;2H,1H3. The van der Waals surface area contributed by atoms with E-state index in [1.807, 2.05) is 0 Å². The van der Waals surface area contributed by atoms with E-state index in [0.717, 1.165) is 12.3 Å². The smallest absolute Gasteiger partial charge is 0.417 e. The number of ether oxygens (including phenoxy) is 1. The molecule has 1 aromatic rings. The fourth-order valence-corrected chi connectivity index (χ4v) is 0.635. The van der Waals surface area contributed by atoms with Crippen LogP contribution < -0.4 is 0 Å². The van der Waals surface area contributed by atoms with Gasteiger partial charge in [0.25, 0.3) is 6.47 Å². The van der Waals surface area contributed by atoms with Crippen LogP contribution in [0.25, 0.3) is 0 Å². The number of pyridine rings is 1. The van der Waals surface area contributed by atoms with E-state index in [1.165, 1.54) is 13.2 Å². The van der Waals surface area contributed by atoms with Gasteiger partial charge in [-0.05, 0) is 19.1 Å². The van der Waals surface area contributed by atoms with Crippen LogP contribution in [0.1, 0.15) is 11.3 Å². The molecule has 0 radical (unpaired) electrons. The lowest BCUT2D eigenvalue weighted by Crippen LogP contribution is -2.05. The molecular weight excluding hydrogens is 211 g/mol. The number of hydrogen-bond acceptors (Lipinski definition) is 3. The van der Waals surface area contributed by atoms with Crippen molar-refractivity contribution < 1.29 is 22.7 Å². The third-order valence-corrected chi connectivity index (χ3v) is 1.33. The van der Waals surface area contributed by atoms with Gasteiger partial charge in [-0.3, -0.25) is 9.78 Å². The van der Waals surface area contributed by atoms with Crippen LogP contribution in [0.4, 0.5) is 13.2 Å². The fourth-order valence-electron chi connectivity index (χ4n) is 0.635. The highest BCUT2D eigenvalue weighted by atomic mass is 19.4. The van der Waals surface area contributed by atoms with Gasteiger partial charge in [-0.15, -0.1) is 0 Å². The number of carbonyl (C=O) groups is 1. The lowest BCUT2D eigenvalue weighted by atomic mass is 10.2. The second kappa shape index (κ2) is 6.00. The zero-order valence-corrected chi connectivity index (χ0v) is 8.21. The number of halogens is 3. The molecule has 0 saturated carbocycles. The topological polar surface area (TPSA) is 39.2 Å². The highest BCUT2D eigenvalue weighted by Gasteiger charge is 2.30. The van der Waals surface area contributed by atoms with Gasteiger partial charge in [0.1, 0.15) is 0 Å². The Bertz CT molecular complexity index is 295. The largest absolute Gasteiger partial charge is 0.471 e. The van der Waals surface area contributed by atoms with E-state index in [2.05, 4.69) is 9.72 Å². The average molecular weight is 221 g/mol. The van der Waals surface area contributed by atoms with Crippen molar-refractivity contribution in [1.29, 1.82) is 0 Å². The molecule has 0 amide bonds. The van der Waals surface area contributed by atoms with Crippen molar-refractivity contribution in [3.8, 4) is 0 Å². The first-order valence-electron chi connectivity index (χ1n) is 3.88. The minimum Gasteiger partial charge on any atom is -0.471 e. The van der Waals surface area contributed by atoms with Crippen molar-refractivity contribution in [1.82, 2.24) is 4.98 Å². The highest BCUT2D eigenvalue weighted by molar-refractivity contribution is 5.36. The Kier molecular flexibility index (Phi) is 5.36. The summed E-state index contributed by atoms with van der Waals surface area (Å²) in [5.74, 6) is 0. The summed E-state index contributed by atoms with van der Waals surface area (Å²) in [5, 5.41) is 0. The maximum Gasteiger partial charge on any atom is 0.417 e. The van der Waals surface area contributed by atoms with Gasteiger partial charge >= 0.3 is 6.18 Å². The number of methoxy groups -OCH3 is 1. The highest BCUT2D eigenvalue weighted by Crippen LogP contribution is 2.28. The Morgan fingerprint density at radius 2 is 1.93 bits per heavy atom. The maximum atomic E-state index is 11.9. The lowest BCUT2D eigenvalue weighted by molar-refractivity contribution is -0.137. The molecule has 6 heteroatoms. The quantitative estimate of drug-likeness (QED) is 0.682. The van der Waals surface area contributed by atoms with Crippen LogP contribution in [-0.2, 0) is 15.7 Å². The molecule has 1 rings (SSSR count). The van der Waals surface area contributed by atoms with Crippen molar-refractivity contribution in [2.24, 2.45) is 0 Å². The van der Waals surface area contributed by atoms with E-state index in [0.29, 0.717) is 12.2 Å². The van der Waals surface area contributed by atoms with Crippen molar-refractivity contribution in [2.75, 3.05) is 7.11 Å². The van der Waals surface area contributed by atoms with E-state index in [4.69, 9.17) is 4.79 Å². The van der Waals surface area contributed by atoms with E-state index in [9.17, 15) is 13.2 Å². The van der Waals surface area contributed by atoms with Crippen LogP contribution in [0.3, 0.4) is 0 Å². The first-order chi connectivity index (χ1) is 6.91. The molecule has 0 spiro atoms. The van der Waals surface area contributed by atoms with E-state index in [1.54, 1.807) is 6.92 Å². The lowest BCUT2D eigenvalue weighted by Gasteiger charge is -2.04. The first kappa shape index (κ1) is 13.4. The molecule has 0 bridgehead atoms. The summed E-state index contributed by atoms with van der Waals surface area (Å²) in [6, 6.07) is 2.35. The third kappa shape index (κ3) is 5.66. The molecule has 0 saturated heterocycles. The summed E-state index contributed by atoms with van der Waals surface area (Å²) in [7, 11) is 1.31. The summed E-state index contributed by atoms with van der Waals surface area (Å²) in [6.07, 6.45) is -3.45. The number of rotatable bonds is 1. The number of aryl methyl sites for hydroxylation is 1. The maximum absolute atomic E-state index is 11.9. The van der Waals surface area contributed by atoms with Crippen LogP contribution >= 0.6 is 0 Å². The Hall–Kier alpha value is -1.59. The summed E-state index contributed by atoms with van der Waals surface area (Å²) in [5.41, 5.74) is -0.124. The van der Waals surface area contributed by atoms with Crippen LogP contribution in [0.5, 0.6) is 0 Å². The molecule has 84 valence electrons. The Labute approximate surface area is 84.9 Å². The predicted octanol–water partition coefficient (Wildman–Crippen LogP) is 2.20. The van der Waals surface area contributed by atoms with Crippen molar-refractivity contribution >= 4 is 6.47 Å². The van der Waals surface area contributed by atoms with Crippen molar-refractivity contribution in [3.05, 3.63) is 29.6 Å². The van der Waals surface area contributed by atoms with Gasteiger partial charge in [0.15, 0.2) is 0 Å². The number of hydrogen-bond donors (Lipinski definition) is 0. The molecule has 0 fully saturated rings. The Balaban J connectivity index is 0.000000423. The van der Waals surface area contributed by atoms with Gasteiger partial charge in [-0.2, -0.15) is 13.2 Å². The monoisotopic (exact) mass is 221 g/mol. The van der Waals surface area contributed by atoms with Crippen molar-refractivity contribution in [3.63, 3.8) is 0 Å². The first-order valence-corrected chi connectivity index (χ1v) is 3.88. The van der Waals surface area contributed by atoms with Gasteiger partial charge in [-0.25, -0.2) is 0 Å². The van der Waals surface area contributed by atoms with Gasteiger partial charge in [-0.1, -0.05) is 0 Å². The van der Waals surface area contributed by atoms with Gasteiger partial charge in [0, 0.05) is 11.9 Å². The van der Waals surface area contributed by atoms with Crippen LogP contribution in [0.2, 0.25) is 0 Å². The molecule has 0 N–H and O–H groups in total. The normalized spacial score (nSPS) is 9.93. The molecule has 0 aliphatic carbocycles. The third-order valence-electron chi connectivity index (χ3n) is 1.33. The van der Waals surface area contributed by atoms with Crippen molar-refractivity contribution in [2.45, 2.75) is 13.1 Å². The molecule has 0 unspecified atom stereocenters. The molecule has 1 heterocycles. The summed E-state index contributed by atoms with van der Waals surface area (Å²) < 4.78 is 39.5. The van der Waals surface area contributed by atoms with Gasteiger partial charge in [0.2, 0.25) is 0 Å². The predicted molar refractivity (Wildman–Crippen MR) is 47.0 cm³/mol. The Morgan fingerprint density at radius 1 is 1.40 bits per heavy atom. The van der Waals surface area contributed by atoms with Gasteiger partial charge < -0.3 is 4.74 Å². The van der Waals surface area contributed by atoms with E-state index < -0.39 is 11.7 Å². The number of alkyl halides is 3. The van der Waals surface area contributed by atoms with Crippen LogP contribution in [0.15, 0.2) is 18.3 Å². The molecule has 0 aliphatic heterocycles. The molecule has 0 aliphatic rings. The zero-order chi connectivity index (χ0) is 11.9. The molecule has 15 heavy (non-hydrogen) atoms. The summed E-state index contributed by atoms with van der Waals surface area (Å²) in [4.78, 5) is 12.5. The van der Waals surface area contributed by atoms with Gasteiger partial charge in [0.05, 0.1) is 12.7 Å².